The van der Waals surface area contributed by atoms with Gasteiger partial charge >= 0.3 is 5.97 Å². The number of allylic oxidation sites excluding steroid dienone is 6. The van der Waals surface area contributed by atoms with Crippen molar-refractivity contribution in [3.8, 4) is 0 Å². The van der Waals surface area contributed by atoms with E-state index in [1.165, 1.54) is 12.0 Å². The minimum Gasteiger partial charge on any atom is -0.460 e. The van der Waals surface area contributed by atoms with E-state index in [-0.39, 0.29) is 87.7 Å². The van der Waals surface area contributed by atoms with Crippen molar-refractivity contribution in [2.45, 2.75) is 180 Å². The average Bonchev–Trinajstić information content (AvgIpc) is 3.33. The number of rotatable bonds is 11. The molecule has 4 rings (SSSR count). The number of carbonyl (C=O) groups excluding carboxylic acids is 5. The number of aliphatic hydroxyl groups excluding tert-OH is 3. The van der Waals surface area contributed by atoms with E-state index in [0.29, 0.717) is 63.4 Å². The molecule has 3 aliphatic heterocycles. The van der Waals surface area contributed by atoms with Crippen molar-refractivity contribution in [3.63, 3.8) is 0 Å². The number of amides is 1. The standard InChI is InChI=1S/C54H85NO15/c1-33-15-11-10-12-16-34(2)45(68-26-25-67-24-23-56)31-41-20-18-39(7)54(64,70-41)51(61)52(62)55-22-14-13-17-42(55)53(63)69-46(36(4)29-40-19-21-43(57)47(30-40)65-8)32-44(58)35(3)28-38(6)49(60)50(66-9)48(59)37(5)27-33/h10-12,15-16,28,33,35-37,39-43,45-47,49-50,56-57,60,64H,13-14,17-27,29-32H2,1-9H3/b12-10+,15-11+,34-16+,38-28+/t33-,35-,36?,37-,39-,40+,41+,42+,43-,45-,46+,47-,49-,50+,54-/m1/s1. The van der Waals surface area contributed by atoms with E-state index in [1.54, 1.807) is 40.9 Å². The predicted molar refractivity (Wildman–Crippen MR) is 262 cm³/mol. The van der Waals surface area contributed by atoms with E-state index >= 15 is 0 Å². The highest BCUT2D eigenvalue weighted by Crippen LogP contribution is 2.38. The van der Waals surface area contributed by atoms with E-state index in [9.17, 15) is 44.4 Å². The third kappa shape index (κ3) is 16.5. The van der Waals surface area contributed by atoms with E-state index in [2.05, 4.69) is 0 Å². The molecule has 3 heterocycles. The van der Waals surface area contributed by atoms with Crippen molar-refractivity contribution in [3.05, 3.63) is 47.6 Å². The van der Waals surface area contributed by atoms with E-state index in [1.807, 2.05) is 51.2 Å². The molecule has 0 aromatic heterocycles. The molecule has 70 heavy (non-hydrogen) atoms. The van der Waals surface area contributed by atoms with Gasteiger partial charge in [0.25, 0.3) is 11.7 Å². The number of fused-ring (bicyclic) bond motifs is 3. The minimum absolute atomic E-state index is 0.0147. The summed E-state index contributed by atoms with van der Waals surface area (Å²) in [4.78, 5) is 72.3. The maximum atomic E-state index is 14.5. The summed E-state index contributed by atoms with van der Waals surface area (Å²) in [5, 5.41) is 43.3. The van der Waals surface area contributed by atoms with Crippen molar-refractivity contribution in [1.82, 2.24) is 4.90 Å². The summed E-state index contributed by atoms with van der Waals surface area (Å²) in [6.07, 6.45) is 10.5. The van der Waals surface area contributed by atoms with Gasteiger partial charge in [-0.3, -0.25) is 19.2 Å². The van der Waals surface area contributed by atoms with Crippen LogP contribution in [0.5, 0.6) is 0 Å². The van der Waals surface area contributed by atoms with Gasteiger partial charge in [0.2, 0.25) is 5.79 Å². The number of esters is 1. The summed E-state index contributed by atoms with van der Waals surface area (Å²) in [5.41, 5.74) is 1.19. The molecule has 1 saturated carbocycles. The number of ether oxygens (including phenoxy) is 6. The van der Waals surface area contributed by atoms with E-state index in [4.69, 9.17) is 28.4 Å². The zero-order valence-corrected chi connectivity index (χ0v) is 43.3. The summed E-state index contributed by atoms with van der Waals surface area (Å²) in [7, 11) is 2.93. The first-order valence-electron chi connectivity index (χ1n) is 25.7. The number of hydrogen-bond donors (Lipinski definition) is 4. The van der Waals surface area contributed by atoms with E-state index in [0.717, 1.165) is 5.57 Å². The van der Waals surface area contributed by atoms with Crippen LogP contribution in [-0.4, -0.2) is 156 Å². The Labute approximate surface area is 416 Å². The van der Waals surface area contributed by atoms with Crippen LogP contribution < -0.4 is 0 Å². The lowest BCUT2D eigenvalue weighted by Crippen LogP contribution is -2.61. The first-order chi connectivity index (χ1) is 33.2. The van der Waals surface area contributed by atoms with Gasteiger partial charge in [0, 0.05) is 51.4 Å². The maximum absolute atomic E-state index is 14.5. The molecule has 0 spiro atoms. The van der Waals surface area contributed by atoms with Crippen molar-refractivity contribution >= 4 is 29.2 Å². The van der Waals surface area contributed by atoms with Gasteiger partial charge in [0.15, 0.2) is 5.78 Å². The van der Waals surface area contributed by atoms with Crippen LogP contribution >= 0.6 is 0 Å². The lowest BCUT2D eigenvalue weighted by molar-refractivity contribution is -0.266. The molecule has 3 fully saturated rings. The van der Waals surface area contributed by atoms with Gasteiger partial charge in [-0.2, -0.15) is 0 Å². The Balaban J connectivity index is 1.71. The number of cyclic esters (lactones) is 1. The first kappa shape index (κ1) is 59.1. The number of hydrogen-bond acceptors (Lipinski definition) is 15. The fourth-order valence-corrected chi connectivity index (χ4v) is 10.4. The molecule has 0 aromatic rings. The summed E-state index contributed by atoms with van der Waals surface area (Å²) in [6.45, 7) is 13.1. The Kier molecular flexibility index (Phi) is 24.2. The topological polar surface area (TPSA) is 225 Å². The fraction of sp³-hybridized carbons (Fsp3) is 0.759. The van der Waals surface area contributed by atoms with Crippen LogP contribution in [0.25, 0.3) is 0 Å². The van der Waals surface area contributed by atoms with Gasteiger partial charge in [0.05, 0.1) is 50.8 Å². The van der Waals surface area contributed by atoms with Gasteiger partial charge in [-0.1, -0.05) is 71.1 Å². The van der Waals surface area contributed by atoms with Crippen LogP contribution in [0.3, 0.4) is 0 Å². The third-order valence-electron chi connectivity index (χ3n) is 15.0. The lowest BCUT2D eigenvalue weighted by Gasteiger charge is -2.43. The van der Waals surface area contributed by atoms with Crippen molar-refractivity contribution < 1.29 is 72.8 Å². The molecule has 16 nitrogen and oxygen atoms in total. The van der Waals surface area contributed by atoms with Crippen LogP contribution in [0.15, 0.2) is 47.6 Å². The molecular weight excluding hydrogens is 903 g/mol. The fourth-order valence-electron chi connectivity index (χ4n) is 10.4. The Morgan fingerprint density at radius 1 is 0.857 bits per heavy atom. The maximum Gasteiger partial charge on any atom is 0.329 e. The number of Topliss-reactive ketones (excluding diaryl/α,β-unsaturated/α-hetero) is 3. The molecule has 4 aliphatic rings. The van der Waals surface area contributed by atoms with Crippen molar-refractivity contribution in [1.29, 1.82) is 0 Å². The van der Waals surface area contributed by atoms with Crippen LogP contribution in [0, 0.1) is 35.5 Å². The zero-order valence-electron chi connectivity index (χ0n) is 43.3. The molecule has 0 aromatic carbocycles. The summed E-state index contributed by atoms with van der Waals surface area (Å²) in [5.74, 6) is -8.28. The number of ketones is 3. The number of carbonyl (C=O) groups is 5. The Bertz CT molecular complexity index is 1850. The molecule has 2 saturated heterocycles. The summed E-state index contributed by atoms with van der Waals surface area (Å²) >= 11 is 0. The van der Waals surface area contributed by atoms with Gasteiger partial charge in [-0.05, 0) is 107 Å². The van der Waals surface area contributed by atoms with Crippen LogP contribution in [0.1, 0.15) is 126 Å². The SMILES string of the molecule is CO[C@@H]1C[C@H](CC(C)[C@@H]2CC(=O)[C@H](C)/C=C(\C)[C@@H](O)[C@@H](OC)C(=O)[C@H](C)C[C@H](C)/C=C/C=C/C=C(\C)[C@H](OCCOCCO)C[C@@H]3CC[C@@H](C)[C@@](O)(O3)C(=O)C(=O)N3CCCC[C@H]3C(=O)O2)CC[C@H]1O. The van der Waals surface area contributed by atoms with Crippen LogP contribution in [0.2, 0.25) is 0 Å². The number of piperidine rings is 1. The second kappa shape index (κ2) is 28.7. The number of nitrogens with zero attached hydrogens (tertiary/aromatic N) is 1. The molecule has 15 atom stereocenters. The molecule has 0 radical (unpaired) electrons. The Morgan fingerprint density at radius 3 is 2.30 bits per heavy atom. The molecule has 4 N–H and O–H groups in total. The molecule has 1 aliphatic carbocycles. The van der Waals surface area contributed by atoms with Crippen LogP contribution in [0.4, 0.5) is 0 Å². The highest BCUT2D eigenvalue weighted by molar-refractivity contribution is 6.39. The molecule has 16 heteroatoms. The van der Waals surface area contributed by atoms with Gasteiger partial charge < -0.3 is 53.7 Å². The molecule has 2 bridgehead atoms. The van der Waals surface area contributed by atoms with E-state index < -0.39 is 83.9 Å². The number of aliphatic hydroxyl groups is 4. The van der Waals surface area contributed by atoms with Crippen molar-refractivity contribution in [2.24, 2.45) is 35.5 Å². The third-order valence-corrected chi connectivity index (χ3v) is 15.0. The van der Waals surface area contributed by atoms with Gasteiger partial charge in [-0.15, -0.1) is 0 Å². The van der Waals surface area contributed by atoms with Gasteiger partial charge in [-0.25, -0.2) is 4.79 Å². The highest BCUT2D eigenvalue weighted by Gasteiger charge is 2.53. The average molecular weight is 988 g/mol. The highest BCUT2D eigenvalue weighted by atomic mass is 16.6. The molecule has 396 valence electrons. The summed E-state index contributed by atoms with van der Waals surface area (Å²) in [6, 6.07) is -1.17. The molecule has 1 unspecified atom stereocenters. The quantitative estimate of drug-likeness (QED) is 0.0861. The van der Waals surface area contributed by atoms with Crippen molar-refractivity contribution in [2.75, 3.05) is 47.2 Å². The predicted octanol–water partition coefficient (Wildman–Crippen LogP) is 5.56. The largest absolute Gasteiger partial charge is 0.460 e. The normalized spacial score (nSPS) is 38.4. The smallest absolute Gasteiger partial charge is 0.329 e. The van der Waals surface area contributed by atoms with Gasteiger partial charge in [0.1, 0.15) is 30.1 Å². The monoisotopic (exact) mass is 988 g/mol. The second-order valence-electron chi connectivity index (χ2n) is 20.6. The molecule has 1 amide bonds. The Hall–Kier alpha value is -3.45. The van der Waals surface area contributed by atoms with Crippen LogP contribution in [-0.2, 0) is 52.4 Å². The molecular formula is C54H85NO15. The lowest BCUT2D eigenvalue weighted by atomic mass is 9.78. The summed E-state index contributed by atoms with van der Waals surface area (Å²) < 4.78 is 35.3. The minimum atomic E-state index is -2.49. The Morgan fingerprint density at radius 2 is 1.60 bits per heavy atom. The zero-order chi connectivity index (χ0) is 51.7. The first-order valence-corrected chi connectivity index (χ1v) is 25.7. The number of methoxy groups -OCH3 is 2. The second-order valence-corrected chi connectivity index (χ2v) is 20.6.